The number of aliphatic imine (C=N–C) groups is 4. The van der Waals surface area contributed by atoms with Crippen molar-refractivity contribution in [2.75, 3.05) is 43.0 Å². The first-order valence-electron chi connectivity index (χ1n) is 29.1. The zero-order valence-corrected chi connectivity index (χ0v) is 51.2. The van der Waals surface area contributed by atoms with E-state index in [4.69, 9.17) is 25.7 Å². The molecule has 10 aromatic carbocycles. The van der Waals surface area contributed by atoms with Crippen molar-refractivity contribution < 1.29 is 36.2 Å². The predicted molar refractivity (Wildman–Crippen MR) is 380 cm³/mol. The van der Waals surface area contributed by atoms with Crippen molar-refractivity contribution >= 4 is 151 Å². The molecule has 10 aromatic rings. The molecule has 2 aliphatic carbocycles. The molecule has 0 fully saturated rings. The highest BCUT2D eigenvalue weighted by molar-refractivity contribution is 7.86. The lowest BCUT2D eigenvalue weighted by Crippen LogP contribution is -2.05. The van der Waals surface area contributed by atoms with Gasteiger partial charge in [-0.1, -0.05) is 18.2 Å². The predicted octanol–water partition coefficient (Wildman–Crippen LogP) is 17.3. The van der Waals surface area contributed by atoms with E-state index in [2.05, 4.69) is 37.2 Å². The highest BCUT2D eigenvalue weighted by Crippen LogP contribution is 2.39. The van der Waals surface area contributed by atoms with E-state index in [9.17, 15) is 36.2 Å². The van der Waals surface area contributed by atoms with Crippen LogP contribution in [0.4, 0.5) is 108 Å². The molecule has 22 heteroatoms. The Bertz CT molecular complexity index is 4910. The van der Waals surface area contributed by atoms with Crippen LogP contribution in [0.3, 0.4) is 0 Å². The largest absolute Gasteiger partial charge is 0.506 e. The summed E-state index contributed by atoms with van der Waals surface area (Å²) in [6.07, 6.45) is 15.2. The fourth-order valence-corrected chi connectivity index (χ4v) is 11.0. The van der Waals surface area contributed by atoms with Gasteiger partial charge in [0, 0.05) is 74.7 Å². The summed E-state index contributed by atoms with van der Waals surface area (Å²) in [4.78, 5) is 18.1. The molecule has 0 aliphatic heterocycles. The van der Waals surface area contributed by atoms with Crippen LogP contribution in [0.15, 0.2) is 303 Å². The van der Waals surface area contributed by atoms with Crippen LogP contribution in [0.2, 0.25) is 0 Å². The number of rotatable bonds is 20. The summed E-state index contributed by atoms with van der Waals surface area (Å²) in [5.74, 6) is -0.593. The zero-order chi connectivity index (χ0) is 65.2. The lowest BCUT2D eigenvalue weighted by molar-refractivity contribution is 0.473. The van der Waals surface area contributed by atoms with Crippen LogP contribution in [0, 0.1) is 0 Å². The fraction of sp³-hybridized carbons (Fsp3) is 0. The van der Waals surface area contributed by atoms with E-state index in [1.807, 2.05) is 200 Å². The number of anilines is 15. The second kappa shape index (κ2) is 27.4. The van der Waals surface area contributed by atoms with Gasteiger partial charge in [-0.2, -0.15) is 16.8 Å². The Balaban J connectivity index is 0.593. The first kappa shape index (κ1) is 61.9. The smallest absolute Gasteiger partial charge is 0.296 e. The molecular weight excluding hydrogens is 1230 g/mol. The first-order chi connectivity index (χ1) is 45.4. The van der Waals surface area contributed by atoms with Gasteiger partial charge in [0.15, 0.2) is 0 Å². The molecule has 0 aromatic heterocycles. The van der Waals surface area contributed by atoms with Gasteiger partial charge in [0.05, 0.1) is 68.3 Å². The van der Waals surface area contributed by atoms with Crippen LogP contribution in [0.1, 0.15) is 0 Å². The number of nitrogen functional groups attached to an aromatic ring is 1. The van der Waals surface area contributed by atoms with E-state index in [1.165, 1.54) is 12.1 Å². The van der Waals surface area contributed by atoms with E-state index in [1.54, 1.807) is 48.5 Å². The molecule has 0 unspecified atom stereocenters. The summed E-state index contributed by atoms with van der Waals surface area (Å²) < 4.78 is 69.2. The Morgan fingerprint density at radius 1 is 0.277 bits per heavy atom. The van der Waals surface area contributed by atoms with Gasteiger partial charge in [0.2, 0.25) is 0 Å². The Kier molecular flexibility index (Phi) is 18.0. The number of aromatic hydroxyl groups is 2. The van der Waals surface area contributed by atoms with E-state index in [0.29, 0.717) is 17.1 Å². The number of phenols is 2. The maximum Gasteiger partial charge on any atom is 0.296 e. The van der Waals surface area contributed by atoms with Crippen LogP contribution in [0.5, 0.6) is 11.5 Å². The summed E-state index contributed by atoms with van der Waals surface area (Å²) >= 11 is 0. The summed E-state index contributed by atoms with van der Waals surface area (Å²) in [6.45, 7) is 0. The minimum atomic E-state index is -4.75. The normalized spacial score (nSPS) is 12.6. The maximum atomic E-state index is 12.7. The average Bonchev–Trinajstić information content (AvgIpc) is 2.17. The molecule has 0 atom stereocenters. The molecule has 0 bridgehead atoms. The topological polar surface area (TPSA) is 309 Å². The van der Waals surface area contributed by atoms with Crippen LogP contribution in [-0.2, 0) is 20.2 Å². The minimum Gasteiger partial charge on any atom is -0.506 e. The number of phenolic OH excluding ortho intramolecular Hbond substituents is 2. The molecule has 0 saturated heterocycles. The fourth-order valence-electron chi connectivity index (χ4n) is 9.72. The molecule has 20 nitrogen and oxygen atoms in total. The number of benzene rings is 10. The number of nitrogens with two attached hydrogens (primary N) is 1. The summed E-state index contributed by atoms with van der Waals surface area (Å²) in [7, 11) is -9.37. The average molecular weight is 1280 g/mol. The molecule has 12 rings (SSSR count). The molecule has 0 saturated carbocycles. The van der Waals surface area contributed by atoms with Crippen molar-refractivity contribution in [2.45, 2.75) is 9.79 Å². The first-order valence-corrected chi connectivity index (χ1v) is 32.0. The van der Waals surface area contributed by atoms with E-state index in [-0.39, 0.29) is 34.2 Å². The number of nitrogens with one attached hydrogen (secondary N) is 7. The molecule has 0 amide bonds. The molecule has 94 heavy (non-hydrogen) atoms. The van der Waals surface area contributed by atoms with E-state index in [0.717, 1.165) is 103 Å². The van der Waals surface area contributed by atoms with Crippen LogP contribution < -0.4 is 43.0 Å². The van der Waals surface area contributed by atoms with Gasteiger partial charge >= 0.3 is 0 Å². The molecular formula is C72H58N12O8S2. The van der Waals surface area contributed by atoms with Crippen molar-refractivity contribution in [3.63, 3.8) is 0 Å². The standard InChI is InChI=1S/C72H58N12O8S2/c73-65-42-71(93(87,88)89)67(43-69(65)85)83-63-38-32-60(33-39-63)80-57-26-20-54(21-27-57)78-52-16-14-51(15-17-52)76-53-18-24-56(25-19-53)79-59-30-36-62(37-31-59)82-66-45-72(94(90,91)92)68(44-70(66)86)84-64-40-34-61(35-41-64)81-58-28-22-55(23-29-58)77-50-12-10-49(11-13-50)75-48-8-6-47(7-9-48)74-46-4-2-1-3-5-46/h1-45,74,79-86H,73H2,(H,87,88,89)(H,90,91,92). The van der Waals surface area contributed by atoms with Crippen molar-refractivity contribution in [3.05, 3.63) is 273 Å². The van der Waals surface area contributed by atoms with Crippen LogP contribution in [0.25, 0.3) is 0 Å². The number of para-hydroxylation sites is 1. The molecule has 13 N–H and O–H groups in total. The van der Waals surface area contributed by atoms with Gasteiger partial charge < -0.3 is 53.2 Å². The molecule has 0 radical (unpaired) electrons. The maximum absolute atomic E-state index is 12.7. The Morgan fingerprint density at radius 2 is 0.511 bits per heavy atom. The lowest BCUT2D eigenvalue weighted by Gasteiger charge is -2.16. The molecule has 0 heterocycles. The Labute approximate surface area is 541 Å². The summed E-state index contributed by atoms with van der Waals surface area (Å²) in [6, 6.07) is 66.4. The quantitative estimate of drug-likeness (QED) is 0.0146. The summed E-state index contributed by atoms with van der Waals surface area (Å²) in [5, 5.41) is 43.5. The van der Waals surface area contributed by atoms with E-state index < -0.39 is 30.0 Å². The minimum absolute atomic E-state index is 0.0286. The van der Waals surface area contributed by atoms with Crippen molar-refractivity contribution in [1.29, 1.82) is 0 Å². The van der Waals surface area contributed by atoms with Crippen LogP contribution >= 0.6 is 0 Å². The van der Waals surface area contributed by atoms with Gasteiger partial charge in [-0.15, -0.1) is 0 Å². The third-order valence-corrected chi connectivity index (χ3v) is 16.2. The van der Waals surface area contributed by atoms with Crippen molar-refractivity contribution in [3.8, 4) is 11.5 Å². The number of allylic oxidation sites excluding steroid dienone is 8. The van der Waals surface area contributed by atoms with Gasteiger partial charge in [0.1, 0.15) is 21.3 Å². The SMILES string of the molecule is Nc1cc(S(=O)(=O)O)c(Nc2ccc(Nc3ccc(N=C4C=CC(=Nc5ccc(Nc6ccc(Nc7cc(S(=O)(=O)O)c(Nc8ccc(Nc9ccc(N=C%10C=CC(=Nc%11ccc(Nc%12ccccc%12)cc%11)C=C%10)cc9)cc8)cc7O)cc6)cc5)C=C4)cc3)cc2)cc1O. The second-order valence-electron chi connectivity index (χ2n) is 21.4. The monoisotopic (exact) mass is 1280 g/mol. The van der Waals surface area contributed by atoms with Crippen LogP contribution in [-0.4, -0.2) is 59.0 Å². The zero-order valence-electron chi connectivity index (χ0n) is 49.6. The molecule has 0 spiro atoms. The van der Waals surface area contributed by atoms with Gasteiger partial charge in [0.25, 0.3) is 20.2 Å². The highest BCUT2D eigenvalue weighted by atomic mass is 32.2. The number of hydrogen-bond donors (Lipinski definition) is 12. The van der Waals surface area contributed by atoms with Crippen molar-refractivity contribution in [2.24, 2.45) is 20.0 Å². The van der Waals surface area contributed by atoms with Gasteiger partial charge in [-0.25, -0.2) is 20.0 Å². The summed E-state index contributed by atoms with van der Waals surface area (Å²) in [5.41, 5.74) is 19.9. The van der Waals surface area contributed by atoms with Gasteiger partial charge in [-0.3, -0.25) is 9.11 Å². The Morgan fingerprint density at radius 3 is 0.798 bits per heavy atom. The van der Waals surface area contributed by atoms with Crippen molar-refractivity contribution in [1.82, 2.24) is 0 Å². The molecule has 466 valence electrons. The molecule has 2 aliphatic rings. The Hall–Kier alpha value is -12.3. The lowest BCUT2D eigenvalue weighted by atomic mass is 10.1. The number of nitrogens with zero attached hydrogens (tertiary/aromatic N) is 4. The van der Waals surface area contributed by atoms with Gasteiger partial charge in [-0.05, 0) is 243 Å². The third-order valence-electron chi connectivity index (χ3n) is 14.4. The number of hydrogen-bond acceptors (Lipinski definition) is 18. The highest BCUT2D eigenvalue weighted by Gasteiger charge is 2.21. The third kappa shape index (κ3) is 16.3. The van der Waals surface area contributed by atoms with E-state index >= 15 is 0 Å². The second-order valence-corrected chi connectivity index (χ2v) is 24.1.